The van der Waals surface area contributed by atoms with Crippen LogP contribution in [0, 0.1) is 10.1 Å². The normalized spacial score (nSPS) is 23.0. The molecule has 2 heterocycles. The first-order chi connectivity index (χ1) is 13.2. The second kappa shape index (κ2) is 7.27. The number of amides is 1. The van der Waals surface area contributed by atoms with Crippen molar-refractivity contribution in [3.63, 3.8) is 0 Å². The number of nitrogens with zero attached hydrogens (tertiary/aromatic N) is 2. The average molecular weight is 415 g/mol. The lowest BCUT2D eigenvalue weighted by Crippen LogP contribution is -2.55. The van der Waals surface area contributed by atoms with Gasteiger partial charge in [0, 0.05) is 22.7 Å². The van der Waals surface area contributed by atoms with Crippen LogP contribution < -0.4 is 0 Å². The Hall–Kier alpha value is -2.88. The maximum atomic E-state index is 15.2. The van der Waals surface area contributed by atoms with Gasteiger partial charge in [-0.05, 0) is 25.0 Å². The summed E-state index contributed by atoms with van der Waals surface area (Å²) in [5.41, 5.74) is -1.89. The standard InChI is InChI=1S/C17H13ClF2N2O6/c18-9-1-2-12(22(26)27)10(7-9)11-8-15(24)21-13(16(25)28-6-5-23)3-4-14(21)17(11,19)20/h1-2,5,7-8,13-14H,3-4,6H2/t13-,14?/m0/s1. The van der Waals surface area contributed by atoms with E-state index >= 15 is 8.78 Å². The smallest absolute Gasteiger partial charge is 0.329 e. The summed E-state index contributed by atoms with van der Waals surface area (Å²) in [6.07, 6.45) is 0.613. The van der Waals surface area contributed by atoms with E-state index in [1.165, 1.54) is 6.07 Å². The van der Waals surface area contributed by atoms with Crippen LogP contribution in [0.4, 0.5) is 14.5 Å². The van der Waals surface area contributed by atoms with E-state index in [9.17, 15) is 24.5 Å². The Morgan fingerprint density at radius 2 is 2.14 bits per heavy atom. The van der Waals surface area contributed by atoms with Crippen LogP contribution in [-0.2, 0) is 19.1 Å². The first kappa shape index (κ1) is 19.9. The third kappa shape index (κ3) is 3.24. The molecule has 0 N–H and O–H groups in total. The number of halogens is 3. The molecule has 2 aliphatic rings. The topological polar surface area (TPSA) is 107 Å². The maximum Gasteiger partial charge on any atom is 0.329 e. The molecule has 0 spiro atoms. The Balaban J connectivity index is 2.04. The molecule has 1 saturated heterocycles. The van der Waals surface area contributed by atoms with Gasteiger partial charge in [0.2, 0.25) is 5.91 Å². The van der Waals surface area contributed by atoms with E-state index in [4.69, 9.17) is 11.6 Å². The van der Waals surface area contributed by atoms with Gasteiger partial charge in [-0.25, -0.2) is 4.79 Å². The first-order valence-corrected chi connectivity index (χ1v) is 8.53. The molecule has 11 heteroatoms. The van der Waals surface area contributed by atoms with Crippen molar-refractivity contribution >= 4 is 41.0 Å². The Morgan fingerprint density at radius 1 is 1.43 bits per heavy atom. The predicted octanol–water partition coefficient (Wildman–Crippen LogP) is 2.38. The molecular weight excluding hydrogens is 402 g/mol. The molecular formula is C17H13ClF2N2O6. The molecule has 0 bridgehead atoms. The average Bonchev–Trinajstić information content (AvgIpc) is 3.09. The molecule has 0 saturated carbocycles. The molecule has 0 aromatic heterocycles. The van der Waals surface area contributed by atoms with E-state index in [2.05, 4.69) is 4.74 Å². The van der Waals surface area contributed by atoms with Crippen molar-refractivity contribution < 1.29 is 32.8 Å². The number of rotatable bonds is 5. The molecule has 3 rings (SSSR count). The summed E-state index contributed by atoms with van der Waals surface area (Å²) in [5, 5.41) is 11.2. The summed E-state index contributed by atoms with van der Waals surface area (Å²) in [5.74, 6) is -5.52. The predicted molar refractivity (Wildman–Crippen MR) is 91.7 cm³/mol. The van der Waals surface area contributed by atoms with Gasteiger partial charge in [0.15, 0.2) is 6.29 Å². The van der Waals surface area contributed by atoms with Crippen molar-refractivity contribution in [3.8, 4) is 0 Å². The van der Waals surface area contributed by atoms with E-state index in [0.29, 0.717) is 17.3 Å². The van der Waals surface area contributed by atoms with Crippen molar-refractivity contribution in [2.75, 3.05) is 6.61 Å². The third-order valence-electron chi connectivity index (χ3n) is 4.70. The number of nitro groups is 1. The highest BCUT2D eigenvalue weighted by atomic mass is 35.5. The highest BCUT2D eigenvalue weighted by Crippen LogP contribution is 2.48. The Labute approximate surface area is 161 Å². The lowest BCUT2D eigenvalue weighted by molar-refractivity contribution is -0.385. The molecule has 0 radical (unpaired) electrons. The molecule has 1 amide bonds. The fraction of sp³-hybridized carbons (Fsp3) is 0.353. The zero-order valence-electron chi connectivity index (χ0n) is 14.1. The van der Waals surface area contributed by atoms with Gasteiger partial charge in [-0.15, -0.1) is 0 Å². The molecule has 1 fully saturated rings. The van der Waals surface area contributed by atoms with E-state index < -0.39 is 58.2 Å². The van der Waals surface area contributed by atoms with E-state index in [0.717, 1.165) is 12.1 Å². The second-order valence-electron chi connectivity index (χ2n) is 6.25. The summed E-state index contributed by atoms with van der Waals surface area (Å²) in [4.78, 5) is 46.0. The number of carbonyl (C=O) groups excluding carboxylic acids is 3. The van der Waals surface area contributed by atoms with Crippen molar-refractivity contribution in [2.45, 2.75) is 30.8 Å². The van der Waals surface area contributed by atoms with Crippen molar-refractivity contribution in [1.29, 1.82) is 0 Å². The number of hydrogen-bond donors (Lipinski definition) is 0. The lowest BCUT2D eigenvalue weighted by atomic mass is 9.89. The Morgan fingerprint density at radius 3 is 2.79 bits per heavy atom. The number of benzene rings is 1. The summed E-state index contributed by atoms with van der Waals surface area (Å²) < 4.78 is 35.1. The van der Waals surface area contributed by atoms with Crippen LogP contribution >= 0.6 is 11.6 Å². The van der Waals surface area contributed by atoms with Gasteiger partial charge < -0.3 is 9.64 Å². The minimum atomic E-state index is -3.66. The third-order valence-corrected chi connectivity index (χ3v) is 4.93. The van der Waals surface area contributed by atoms with Crippen LogP contribution in [0.2, 0.25) is 5.02 Å². The number of nitro benzene ring substituents is 1. The minimum Gasteiger partial charge on any atom is -0.456 e. The Bertz CT molecular complexity index is 904. The molecule has 1 aromatic carbocycles. The van der Waals surface area contributed by atoms with Gasteiger partial charge in [0.25, 0.3) is 11.6 Å². The molecule has 1 aromatic rings. The van der Waals surface area contributed by atoms with Crippen LogP contribution in [0.15, 0.2) is 24.3 Å². The van der Waals surface area contributed by atoms with Crippen LogP contribution in [0.1, 0.15) is 18.4 Å². The van der Waals surface area contributed by atoms with E-state index in [1.54, 1.807) is 0 Å². The monoisotopic (exact) mass is 414 g/mol. The van der Waals surface area contributed by atoms with Crippen LogP contribution in [0.25, 0.3) is 5.57 Å². The number of alkyl halides is 2. The summed E-state index contributed by atoms with van der Waals surface area (Å²) in [6, 6.07) is 0.253. The summed E-state index contributed by atoms with van der Waals surface area (Å²) in [7, 11) is 0. The number of ether oxygens (including phenoxy) is 1. The quantitative estimate of drug-likeness (QED) is 0.317. The molecule has 2 aliphatic heterocycles. The summed E-state index contributed by atoms with van der Waals surface area (Å²) >= 11 is 5.82. The van der Waals surface area contributed by atoms with Crippen molar-refractivity contribution in [1.82, 2.24) is 4.90 Å². The largest absolute Gasteiger partial charge is 0.456 e. The molecule has 8 nitrogen and oxygen atoms in total. The number of aldehydes is 1. The van der Waals surface area contributed by atoms with Gasteiger partial charge in [-0.1, -0.05) is 11.6 Å². The van der Waals surface area contributed by atoms with Gasteiger partial charge in [0.1, 0.15) is 18.7 Å². The summed E-state index contributed by atoms with van der Waals surface area (Å²) in [6.45, 7) is -0.547. The molecule has 1 unspecified atom stereocenters. The first-order valence-electron chi connectivity index (χ1n) is 8.15. The number of carbonyl (C=O) groups is 3. The molecule has 148 valence electrons. The zero-order chi connectivity index (χ0) is 20.6. The minimum absolute atomic E-state index is 0.00563. The highest BCUT2D eigenvalue weighted by molar-refractivity contribution is 6.30. The van der Waals surface area contributed by atoms with Crippen molar-refractivity contribution in [3.05, 3.63) is 45.0 Å². The van der Waals surface area contributed by atoms with Crippen LogP contribution in [-0.4, -0.2) is 52.6 Å². The SMILES string of the molecule is O=CCOC(=O)[C@@H]1CCC2N1C(=O)C=C(c1cc(Cl)ccc1[N+](=O)[O-])C2(F)F. The Kier molecular flexibility index (Phi) is 5.16. The number of hydrogen-bond acceptors (Lipinski definition) is 6. The zero-order valence-corrected chi connectivity index (χ0v) is 14.9. The van der Waals surface area contributed by atoms with Crippen LogP contribution in [0.5, 0.6) is 0 Å². The molecule has 0 aliphatic carbocycles. The van der Waals surface area contributed by atoms with Gasteiger partial charge in [-0.2, -0.15) is 8.78 Å². The fourth-order valence-corrected chi connectivity index (χ4v) is 3.70. The van der Waals surface area contributed by atoms with Gasteiger partial charge in [-0.3, -0.25) is 19.7 Å². The van der Waals surface area contributed by atoms with Crippen LogP contribution in [0.3, 0.4) is 0 Å². The maximum absolute atomic E-state index is 15.2. The second-order valence-corrected chi connectivity index (χ2v) is 6.69. The van der Waals surface area contributed by atoms with E-state index in [1.807, 2.05) is 0 Å². The number of fused-ring (bicyclic) bond motifs is 1. The van der Waals surface area contributed by atoms with Gasteiger partial charge in [0.05, 0.1) is 10.5 Å². The lowest BCUT2D eigenvalue weighted by Gasteiger charge is -2.38. The van der Waals surface area contributed by atoms with Crippen molar-refractivity contribution in [2.24, 2.45) is 0 Å². The number of esters is 1. The van der Waals surface area contributed by atoms with E-state index in [-0.39, 0.29) is 17.9 Å². The molecule has 28 heavy (non-hydrogen) atoms. The molecule has 2 atom stereocenters. The highest BCUT2D eigenvalue weighted by Gasteiger charge is 2.58. The fourth-order valence-electron chi connectivity index (χ4n) is 3.53. The van der Waals surface area contributed by atoms with Gasteiger partial charge >= 0.3 is 5.97 Å².